The number of hydrogen-bond acceptors (Lipinski definition) is 3. The van der Waals surface area contributed by atoms with Crippen molar-refractivity contribution in [2.75, 3.05) is 13.7 Å². The highest BCUT2D eigenvalue weighted by molar-refractivity contribution is 5.36. The normalized spacial score (nSPS) is 22.2. The number of nitrogens with one attached hydrogen (secondary N) is 1. The Balaban J connectivity index is 1.78. The van der Waals surface area contributed by atoms with E-state index in [1.807, 2.05) is 6.07 Å². The lowest BCUT2D eigenvalue weighted by Crippen LogP contribution is -2.35. The van der Waals surface area contributed by atoms with E-state index in [1.54, 1.807) is 7.11 Å². The van der Waals surface area contributed by atoms with Crippen LogP contribution in [0.4, 0.5) is 0 Å². The zero-order chi connectivity index (χ0) is 15.1. The molecule has 0 aliphatic heterocycles. The van der Waals surface area contributed by atoms with Gasteiger partial charge in [0.2, 0.25) is 0 Å². The van der Waals surface area contributed by atoms with Gasteiger partial charge in [-0.05, 0) is 51.6 Å². The Labute approximate surface area is 129 Å². The number of benzene rings is 1. The van der Waals surface area contributed by atoms with E-state index in [0.717, 1.165) is 30.7 Å². The highest BCUT2D eigenvalue weighted by Gasteiger charge is 2.21. The van der Waals surface area contributed by atoms with E-state index in [9.17, 15) is 0 Å². The smallest absolute Gasteiger partial charge is 0.124 e. The zero-order valence-electron chi connectivity index (χ0n) is 13.7. The van der Waals surface area contributed by atoms with Crippen molar-refractivity contribution in [3.63, 3.8) is 0 Å². The van der Waals surface area contributed by atoms with Crippen molar-refractivity contribution < 1.29 is 9.47 Å². The van der Waals surface area contributed by atoms with E-state index in [0.29, 0.717) is 18.8 Å². The third-order valence-corrected chi connectivity index (χ3v) is 4.27. The minimum Gasteiger partial charge on any atom is -0.496 e. The van der Waals surface area contributed by atoms with Crippen LogP contribution in [0.15, 0.2) is 18.2 Å². The van der Waals surface area contributed by atoms with Crippen molar-refractivity contribution in [3.8, 4) is 5.75 Å². The molecule has 1 fully saturated rings. The maximum atomic E-state index is 6.11. The van der Waals surface area contributed by atoms with Crippen molar-refractivity contribution >= 4 is 0 Å². The topological polar surface area (TPSA) is 30.5 Å². The molecular weight excluding hydrogens is 262 g/mol. The Morgan fingerprint density at radius 2 is 1.95 bits per heavy atom. The fourth-order valence-electron chi connectivity index (χ4n) is 3.01. The van der Waals surface area contributed by atoms with Gasteiger partial charge in [0.25, 0.3) is 0 Å². The zero-order valence-corrected chi connectivity index (χ0v) is 13.7. The average molecular weight is 291 g/mol. The quantitative estimate of drug-likeness (QED) is 0.828. The largest absolute Gasteiger partial charge is 0.496 e. The first-order valence-corrected chi connectivity index (χ1v) is 8.21. The summed E-state index contributed by atoms with van der Waals surface area (Å²) < 4.78 is 11.5. The van der Waals surface area contributed by atoms with Crippen LogP contribution in [0.2, 0.25) is 0 Å². The lowest BCUT2D eigenvalue weighted by atomic mass is 9.93. The fraction of sp³-hybridized carbons (Fsp3) is 0.667. The first-order chi connectivity index (χ1) is 10.2. The summed E-state index contributed by atoms with van der Waals surface area (Å²) in [6.07, 6.45) is 6.40. The van der Waals surface area contributed by atoms with Crippen LogP contribution < -0.4 is 10.1 Å². The highest BCUT2D eigenvalue weighted by atomic mass is 16.5. The maximum absolute atomic E-state index is 6.11. The second-order valence-electron chi connectivity index (χ2n) is 6.05. The second kappa shape index (κ2) is 8.40. The minimum atomic E-state index is 0.398. The van der Waals surface area contributed by atoms with Crippen LogP contribution in [0.25, 0.3) is 0 Å². The summed E-state index contributed by atoms with van der Waals surface area (Å²) in [4.78, 5) is 0. The van der Waals surface area contributed by atoms with Crippen molar-refractivity contribution in [1.82, 2.24) is 5.32 Å². The molecule has 21 heavy (non-hydrogen) atoms. The predicted molar refractivity (Wildman–Crippen MR) is 86.9 cm³/mol. The molecule has 1 N–H and O–H groups in total. The van der Waals surface area contributed by atoms with E-state index in [2.05, 4.69) is 31.3 Å². The van der Waals surface area contributed by atoms with Gasteiger partial charge in [-0.1, -0.05) is 24.6 Å². The maximum Gasteiger partial charge on any atom is 0.124 e. The standard InChI is InChI=1S/C18H29NO2/c1-4-11-19-16-6-8-17(9-7-16)21-13-15-12-14(2)5-10-18(15)20-3/h5,10,12,16-17,19H,4,6-9,11,13H2,1-3H3. The molecule has 0 saturated heterocycles. The molecule has 1 saturated carbocycles. The molecule has 0 atom stereocenters. The van der Waals surface area contributed by atoms with Gasteiger partial charge in [0, 0.05) is 11.6 Å². The van der Waals surface area contributed by atoms with Crippen LogP contribution in [0.3, 0.4) is 0 Å². The molecule has 1 aromatic carbocycles. The van der Waals surface area contributed by atoms with Crippen molar-refractivity contribution in [2.45, 2.75) is 64.7 Å². The molecule has 2 rings (SSSR count). The lowest BCUT2D eigenvalue weighted by molar-refractivity contribution is 0.0106. The van der Waals surface area contributed by atoms with Gasteiger partial charge in [-0.3, -0.25) is 0 Å². The summed E-state index contributed by atoms with van der Waals surface area (Å²) in [7, 11) is 1.72. The van der Waals surface area contributed by atoms with Gasteiger partial charge in [-0.15, -0.1) is 0 Å². The first-order valence-electron chi connectivity index (χ1n) is 8.21. The molecule has 3 heteroatoms. The minimum absolute atomic E-state index is 0.398. The van der Waals surface area contributed by atoms with Gasteiger partial charge in [0.15, 0.2) is 0 Å². The van der Waals surface area contributed by atoms with Gasteiger partial charge in [-0.2, -0.15) is 0 Å². The molecule has 118 valence electrons. The SMILES string of the molecule is CCCNC1CCC(OCc2cc(C)ccc2OC)CC1. The van der Waals surface area contributed by atoms with Gasteiger partial charge in [-0.25, -0.2) is 0 Å². The van der Waals surface area contributed by atoms with Crippen molar-refractivity contribution in [1.29, 1.82) is 0 Å². The molecular formula is C18H29NO2. The van der Waals surface area contributed by atoms with Gasteiger partial charge in [0.1, 0.15) is 5.75 Å². The van der Waals surface area contributed by atoms with Crippen LogP contribution in [0, 0.1) is 6.92 Å². The number of aryl methyl sites for hydroxylation is 1. The summed E-state index contributed by atoms with van der Waals surface area (Å²) in [5, 5.41) is 3.62. The molecule has 1 aliphatic rings. The summed E-state index contributed by atoms with van der Waals surface area (Å²) in [5.74, 6) is 0.930. The molecule has 0 aromatic heterocycles. The predicted octanol–water partition coefficient (Wildman–Crippen LogP) is 3.83. The Hall–Kier alpha value is -1.06. The molecule has 0 bridgehead atoms. The summed E-state index contributed by atoms with van der Waals surface area (Å²) in [6, 6.07) is 6.96. The van der Waals surface area contributed by atoms with E-state index < -0.39 is 0 Å². The van der Waals surface area contributed by atoms with Crippen LogP contribution in [0.5, 0.6) is 5.75 Å². The van der Waals surface area contributed by atoms with E-state index in [1.165, 1.54) is 24.8 Å². The Morgan fingerprint density at radius 1 is 1.19 bits per heavy atom. The van der Waals surface area contributed by atoms with E-state index >= 15 is 0 Å². The number of rotatable bonds is 7. The van der Waals surface area contributed by atoms with Crippen LogP contribution in [-0.2, 0) is 11.3 Å². The Bertz CT molecular complexity index is 425. The fourth-order valence-corrected chi connectivity index (χ4v) is 3.01. The molecule has 0 unspecified atom stereocenters. The monoisotopic (exact) mass is 291 g/mol. The van der Waals surface area contributed by atoms with Crippen molar-refractivity contribution in [3.05, 3.63) is 29.3 Å². The Kier molecular flexibility index (Phi) is 6.52. The molecule has 0 radical (unpaired) electrons. The first kappa shape index (κ1) is 16.3. The number of hydrogen-bond donors (Lipinski definition) is 1. The van der Waals surface area contributed by atoms with E-state index in [4.69, 9.17) is 9.47 Å². The van der Waals surface area contributed by atoms with Gasteiger partial charge >= 0.3 is 0 Å². The average Bonchev–Trinajstić information content (AvgIpc) is 2.52. The molecule has 0 amide bonds. The lowest BCUT2D eigenvalue weighted by Gasteiger charge is -2.29. The van der Waals surface area contributed by atoms with Gasteiger partial charge < -0.3 is 14.8 Å². The van der Waals surface area contributed by atoms with Crippen LogP contribution >= 0.6 is 0 Å². The van der Waals surface area contributed by atoms with Crippen LogP contribution in [-0.4, -0.2) is 25.8 Å². The summed E-state index contributed by atoms with van der Waals surface area (Å²) in [6.45, 7) is 6.11. The number of methoxy groups -OCH3 is 1. The molecule has 1 aliphatic carbocycles. The van der Waals surface area contributed by atoms with E-state index in [-0.39, 0.29) is 0 Å². The van der Waals surface area contributed by atoms with Gasteiger partial charge in [0.05, 0.1) is 19.8 Å². The summed E-state index contributed by atoms with van der Waals surface area (Å²) >= 11 is 0. The third-order valence-electron chi connectivity index (χ3n) is 4.27. The molecule has 3 nitrogen and oxygen atoms in total. The third kappa shape index (κ3) is 5.01. The highest BCUT2D eigenvalue weighted by Crippen LogP contribution is 2.25. The van der Waals surface area contributed by atoms with Crippen LogP contribution in [0.1, 0.15) is 50.2 Å². The number of ether oxygens (including phenoxy) is 2. The Morgan fingerprint density at radius 3 is 2.62 bits per heavy atom. The molecule has 0 spiro atoms. The molecule has 0 heterocycles. The molecule has 1 aromatic rings. The second-order valence-corrected chi connectivity index (χ2v) is 6.05. The van der Waals surface area contributed by atoms with Crippen molar-refractivity contribution in [2.24, 2.45) is 0 Å². The summed E-state index contributed by atoms with van der Waals surface area (Å²) in [5.41, 5.74) is 2.41.